The number of carbonyl (C=O) groups is 3. The third-order valence-corrected chi connectivity index (χ3v) is 7.71. The van der Waals surface area contributed by atoms with Gasteiger partial charge in [0.05, 0.1) is 0 Å². The zero-order valence-corrected chi connectivity index (χ0v) is 18.7. The summed E-state index contributed by atoms with van der Waals surface area (Å²) in [6.45, 7) is 0. The highest BCUT2D eigenvalue weighted by Crippen LogP contribution is 2.60. The average Bonchev–Trinajstić information content (AvgIpc) is 2.72. The summed E-state index contributed by atoms with van der Waals surface area (Å²) in [5.74, 6) is 0.771. The van der Waals surface area contributed by atoms with Crippen molar-refractivity contribution < 1.29 is 19.5 Å². The Morgan fingerprint density at radius 3 is 2.06 bits per heavy atom. The van der Waals surface area contributed by atoms with Crippen LogP contribution in [0.2, 0.25) is 0 Å². The Balaban J connectivity index is 1.42. The summed E-state index contributed by atoms with van der Waals surface area (Å²) >= 11 is 4.26. The molecule has 0 aliphatic heterocycles. The van der Waals surface area contributed by atoms with Crippen molar-refractivity contribution in [3.05, 3.63) is 35.9 Å². The topological polar surface area (TPSA) is 95.5 Å². The number of hydrogen-bond donors (Lipinski definition) is 4. The number of benzene rings is 1. The van der Waals surface area contributed by atoms with Gasteiger partial charge in [0.1, 0.15) is 12.1 Å². The minimum Gasteiger partial charge on any atom is -0.480 e. The second kappa shape index (κ2) is 9.23. The van der Waals surface area contributed by atoms with Crippen molar-refractivity contribution >= 4 is 30.4 Å². The van der Waals surface area contributed by atoms with Crippen LogP contribution < -0.4 is 10.6 Å². The summed E-state index contributed by atoms with van der Waals surface area (Å²) in [6.07, 6.45) is 7.05. The molecule has 0 radical (unpaired) electrons. The van der Waals surface area contributed by atoms with E-state index >= 15 is 0 Å². The molecule has 3 N–H and O–H groups in total. The van der Waals surface area contributed by atoms with E-state index in [1.807, 2.05) is 30.3 Å². The fraction of sp³-hybridized carbons (Fsp3) is 0.625. The molecular formula is C24H32N2O4S. The fourth-order valence-electron chi connectivity index (χ4n) is 6.42. The lowest BCUT2D eigenvalue weighted by Gasteiger charge is -2.55. The standard InChI is InChI=1S/C24H32N2O4S/c27-21(25-20(22(28)29)11-15-4-2-1-3-5-15)19(6-7-31)26-23(30)24-12-16-8-17(13-24)10-18(9-16)14-24/h1-5,16-20,31H,6-14H2,(H,25,27)(H,26,30)(H,28,29)/t16?,17?,18?,19?,20-,24?/m1/s1. The molecule has 4 bridgehead atoms. The van der Waals surface area contributed by atoms with E-state index in [0.29, 0.717) is 29.9 Å². The maximum atomic E-state index is 13.4. The second-order valence-corrected chi connectivity index (χ2v) is 10.3. The third kappa shape index (κ3) is 4.92. The molecule has 1 aromatic carbocycles. The van der Waals surface area contributed by atoms with Crippen molar-refractivity contribution in [2.45, 2.75) is 63.5 Å². The first kappa shape index (κ1) is 22.2. The van der Waals surface area contributed by atoms with E-state index in [4.69, 9.17) is 0 Å². The predicted octanol–water partition coefficient (Wildman–Crippen LogP) is 2.82. The fourth-order valence-corrected chi connectivity index (χ4v) is 6.68. The molecule has 1 unspecified atom stereocenters. The number of thiol groups is 1. The lowest BCUT2D eigenvalue weighted by atomic mass is 9.49. The number of hydrogen-bond acceptors (Lipinski definition) is 4. The second-order valence-electron chi connectivity index (χ2n) is 9.83. The maximum absolute atomic E-state index is 13.4. The van der Waals surface area contributed by atoms with Crippen LogP contribution >= 0.6 is 12.6 Å². The van der Waals surface area contributed by atoms with Crippen molar-refractivity contribution in [1.29, 1.82) is 0 Å². The smallest absolute Gasteiger partial charge is 0.326 e. The molecule has 6 nitrogen and oxygen atoms in total. The Hall–Kier alpha value is -2.02. The van der Waals surface area contributed by atoms with Gasteiger partial charge in [-0.05, 0) is 74.0 Å². The molecule has 0 spiro atoms. The first-order valence-electron chi connectivity index (χ1n) is 11.4. The quantitative estimate of drug-likeness (QED) is 0.441. The molecule has 0 saturated heterocycles. The Morgan fingerprint density at radius 1 is 0.968 bits per heavy atom. The van der Waals surface area contributed by atoms with Gasteiger partial charge in [0.25, 0.3) is 0 Å². The molecule has 2 atom stereocenters. The van der Waals surface area contributed by atoms with Crippen molar-refractivity contribution in [1.82, 2.24) is 10.6 Å². The summed E-state index contributed by atoms with van der Waals surface area (Å²) in [5.41, 5.74) is 0.485. The number of carbonyl (C=O) groups excluding carboxylic acids is 2. The average molecular weight is 445 g/mol. The first-order chi connectivity index (χ1) is 14.9. The van der Waals surface area contributed by atoms with E-state index in [0.717, 1.165) is 24.8 Å². The summed E-state index contributed by atoms with van der Waals surface area (Å²) in [4.78, 5) is 38.1. The van der Waals surface area contributed by atoms with E-state index in [9.17, 15) is 19.5 Å². The van der Waals surface area contributed by atoms with Crippen LogP contribution in [0.25, 0.3) is 0 Å². The van der Waals surface area contributed by atoms with Crippen LogP contribution in [-0.2, 0) is 20.8 Å². The van der Waals surface area contributed by atoms with Crippen LogP contribution in [0.5, 0.6) is 0 Å². The summed E-state index contributed by atoms with van der Waals surface area (Å²) in [6, 6.07) is 7.39. The van der Waals surface area contributed by atoms with Gasteiger partial charge in [-0.3, -0.25) is 9.59 Å². The molecule has 168 valence electrons. The maximum Gasteiger partial charge on any atom is 0.326 e. The number of rotatable bonds is 9. The van der Waals surface area contributed by atoms with Gasteiger partial charge in [0.2, 0.25) is 11.8 Å². The van der Waals surface area contributed by atoms with Crippen molar-refractivity contribution in [2.24, 2.45) is 23.2 Å². The van der Waals surface area contributed by atoms with Gasteiger partial charge >= 0.3 is 5.97 Å². The number of carboxylic acid groups (broad SMARTS) is 1. The van der Waals surface area contributed by atoms with Crippen LogP contribution in [0, 0.1) is 23.2 Å². The SMILES string of the molecule is O=C(N[C@H](Cc1ccccc1)C(=O)O)C(CCS)NC(=O)C12CC3CC(CC(C3)C1)C2. The molecule has 0 aromatic heterocycles. The van der Waals surface area contributed by atoms with Crippen LogP contribution in [0.1, 0.15) is 50.5 Å². The van der Waals surface area contributed by atoms with Crippen molar-refractivity contribution in [2.75, 3.05) is 5.75 Å². The van der Waals surface area contributed by atoms with E-state index < -0.39 is 24.0 Å². The Labute approximate surface area is 189 Å². The highest BCUT2D eigenvalue weighted by Gasteiger charge is 2.54. The predicted molar refractivity (Wildman–Crippen MR) is 121 cm³/mol. The normalized spacial score (nSPS) is 30.4. The molecule has 0 heterocycles. The lowest BCUT2D eigenvalue weighted by Crippen LogP contribution is -2.58. The number of aliphatic carboxylic acids is 1. The summed E-state index contributed by atoms with van der Waals surface area (Å²) in [7, 11) is 0. The number of amides is 2. The van der Waals surface area contributed by atoms with Gasteiger partial charge in [0.15, 0.2) is 0 Å². The molecule has 2 amide bonds. The molecule has 1 aromatic rings. The molecule has 4 aliphatic carbocycles. The van der Waals surface area contributed by atoms with Gasteiger partial charge < -0.3 is 15.7 Å². The summed E-state index contributed by atoms with van der Waals surface area (Å²) < 4.78 is 0. The van der Waals surface area contributed by atoms with E-state index in [1.165, 1.54) is 19.3 Å². The van der Waals surface area contributed by atoms with Crippen LogP contribution in [0.4, 0.5) is 0 Å². The van der Waals surface area contributed by atoms with Crippen LogP contribution in [0.3, 0.4) is 0 Å². The Kier molecular flexibility index (Phi) is 6.60. The van der Waals surface area contributed by atoms with E-state index in [2.05, 4.69) is 23.3 Å². The zero-order chi connectivity index (χ0) is 22.0. The Morgan fingerprint density at radius 2 is 1.55 bits per heavy atom. The van der Waals surface area contributed by atoms with E-state index in [-0.39, 0.29) is 17.7 Å². The first-order valence-corrected chi connectivity index (χ1v) is 12.0. The van der Waals surface area contributed by atoms with Gasteiger partial charge in [-0.2, -0.15) is 12.6 Å². The molecule has 4 fully saturated rings. The van der Waals surface area contributed by atoms with Gasteiger partial charge in [-0.25, -0.2) is 4.79 Å². The minimum atomic E-state index is -1.09. The van der Waals surface area contributed by atoms with Gasteiger partial charge in [-0.15, -0.1) is 0 Å². The molecule has 7 heteroatoms. The minimum absolute atomic E-state index is 0.0246. The van der Waals surface area contributed by atoms with E-state index in [1.54, 1.807) is 0 Å². The van der Waals surface area contributed by atoms with Crippen LogP contribution in [0.15, 0.2) is 30.3 Å². The number of carboxylic acids is 1. The largest absolute Gasteiger partial charge is 0.480 e. The van der Waals surface area contributed by atoms with Crippen molar-refractivity contribution in [3.8, 4) is 0 Å². The highest BCUT2D eigenvalue weighted by atomic mass is 32.1. The van der Waals surface area contributed by atoms with Gasteiger partial charge in [-0.1, -0.05) is 30.3 Å². The van der Waals surface area contributed by atoms with Gasteiger partial charge in [0, 0.05) is 11.8 Å². The van der Waals surface area contributed by atoms with Crippen LogP contribution in [-0.4, -0.2) is 40.7 Å². The Bertz CT molecular complexity index is 793. The highest BCUT2D eigenvalue weighted by molar-refractivity contribution is 7.80. The van der Waals surface area contributed by atoms with Crippen molar-refractivity contribution in [3.63, 3.8) is 0 Å². The summed E-state index contributed by atoms with van der Waals surface area (Å²) in [5, 5.41) is 15.2. The molecule has 31 heavy (non-hydrogen) atoms. The molecular weight excluding hydrogens is 412 g/mol. The molecule has 5 rings (SSSR count). The number of nitrogens with one attached hydrogen (secondary N) is 2. The molecule has 4 saturated carbocycles. The molecule has 4 aliphatic rings. The monoisotopic (exact) mass is 444 g/mol. The third-order valence-electron chi connectivity index (χ3n) is 7.46. The lowest BCUT2D eigenvalue weighted by molar-refractivity contribution is -0.149. The zero-order valence-electron chi connectivity index (χ0n) is 17.8.